The van der Waals surface area contributed by atoms with E-state index in [1.807, 2.05) is 6.92 Å². The van der Waals surface area contributed by atoms with Crippen LogP contribution in [-0.2, 0) is 0 Å². The first kappa shape index (κ1) is 12.4. The minimum Gasteiger partial charge on any atom is -0.467 e. The molecule has 0 radical (unpaired) electrons. The van der Waals surface area contributed by atoms with Crippen LogP contribution >= 0.6 is 0 Å². The summed E-state index contributed by atoms with van der Waals surface area (Å²) in [7, 11) is 2.96. The van der Waals surface area contributed by atoms with Gasteiger partial charge in [0.25, 0.3) is 0 Å². The maximum Gasteiger partial charge on any atom is 0.324 e. The summed E-state index contributed by atoms with van der Waals surface area (Å²) in [6.45, 7) is 2.60. The molecule has 1 unspecified atom stereocenters. The molecule has 0 amide bonds. The van der Waals surface area contributed by atoms with E-state index < -0.39 is 0 Å². The molecule has 1 rings (SSSR count). The molecule has 0 fully saturated rings. The van der Waals surface area contributed by atoms with Crippen molar-refractivity contribution in [1.82, 2.24) is 15.0 Å². The number of hydrogen-bond donors (Lipinski definition) is 2. The molecule has 0 aromatic carbocycles. The first-order valence-electron chi connectivity index (χ1n) is 5.03. The first-order chi connectivity index (χ1) is 7.69. The maximum absolute atomic E-state index is 5.77. The molecule has 1 aromatic rings. The molecule has 0 bridgehead atoms. The molecule has 7 nitrogen and oxygen atoms in total. The van der Waals surface area contributed by atoms with Crippen molar-refractivity contribution in [1.29, 1.82) is 0 Å². The van der Waals surface area contributed by atoms with Gasteiger partial charge in [0, 0.05) is 12.6 Å². The minimum atomic E-state index is 0.0637. The van der Waals surface area contributed by atoms with E-state index in [9.17, 15) is 0 Å². The topological polar surface area (TPSA) is 95.2 Å². The minimum absolute atomic E-state index is 0.0637. The average molecular weight is 227 g/mol. The molecule has 16 heavy (non-hydrogen) atoms. The van der Waals surface area contributed by atoms with Gasteiger partial charge in [-0.05, 0) is 6.42 Å². The zero-order valence-electron chi connectivity index (χ0n) is 9.73. The van der Waals surface area contributed by atoms with E-state index >= 15 is 0 Å². The van der Waals surface area contributed by atoms with Crippen LogP contribution in [-0.4, -0.2) is 41.8 Å². The second kappa shape index (κ2) is 6.06. The Kier molecular flexibility index (Phi) is 4.71. The highest BCUT2D eigenvalue weighted by Crippen LogP contribution is 2.11. The summed E-state index contributed by atoms with van der Waals surface area (Å²) in [6.07, 6.45) is 0.881. The van der Waals surface area contributed by atoms with E-state index in [0.717, 1.165) is 6.42 Å². The second-order valence-corrected chi connectivity index (χ2v) is 3.18. The van der Waals surface area contributed by atoms with Crippen molar-refractivity contribution in [3.63, 3.8) is 0 Å². The average Bonchev–Trinajstić information content (AvgIpc) is 2.35. The maximum atomic E-state index is 5.77. The third-order valence-corrected chi connectivity index (χ3v) is 2.01. The Balaban J connectivity index is 2.71. The van der Waals surface area contributed by atoms with Crippen molar-refractivity contribution in [2.75, 3.05) is 26.1 Å². The Morgan fingerprint density at radius 2 is 1.75 bits per heavy atom. The van der Waals surface area contributed by atoms with Crippen LogP contribution in [0.5, 0.6) is 12.0 Å². The summed E-state index contributed by atoms with van der Waals surface area (Å²) in [5, 5.41) is 3.00. The summed E-state index contributed by atoms with van der Waals surface area (Å²) in [5.74, 6) is 0.396. The number of ether oxygens (including phenoxy) is 2. The normalized spacial score (nSPS) is 12.0. The summed E-state index contributed by atoms with van der Waals surface area (Å²) in [5.41, 5.74) is 5.77. The van der Waals surface area contributed by atoms with Crippen LogP contribution < -0.4 is 20.5 Å². The highest BCUT2D eigenvalue weighted by atomic mass is 16.5. The zero-order chi connectivity index (χ0) is 12.0. The predicted octanol–water partition coefficient (Wildman–Crippen LogP) is 0.0380. The predicted molar refractivity (Wildman–Crippen MR) is 59.7 cm³/mol. The van der Waals surface area contributed by atoms with E-state index in [2.05, 4.69) is 20.3 Å². The zero-order valence-corrected chi connectivity index (χ0v) is 9.73. The number of rotatable bonds is 6. The lowest BCUT2D eigenvalue weighted by molar-refractivity contribution is 0.341. The molecule has 0 aliphatic rings. The van der Waals surface area contributed by atoms with Crippen LogP contribution in [0.3, 0.4) is 0 Å². The summed E-state index contributed by atoms with van der Waals surface area (Å²) in [6, 6.07) is 0.479. The van der Waals surface area contributed by atoms with Crippen LogP contribution in [0.4, 0.5) is 5.95 Å². The molecule has 0 aliphatic heterocycles. The smallest absolute Gasteiger partial charge is 0.324 e. The second-order valence-electron chi connectivity index (χ2n) is 3.18. The van der Waals surface area contributed by atoms with Crippen molar-refractivity contribution in [2.45, 2.75) is 19.4 Å². The number of hydrogen-bond acceptors (Lipinski definition) is 7. The molecular weight excluding hydrogens is 210 g/mol. The van der Waals surface area contributed by atoms with Crippen molar-refractivity contribution >= 4 is 5.95 Å². The van der Waals surface area contributed by atoms with Crippen molar-refractivity contribution in [3.8, 4) is 12.0 Å². The van der Waals surface area contributed by atoms with E-state index in [1.54, 1.807) is 0 Å². The number of nitrogens with one attached hydrogen (secondary N) is 1. The molecule has 0 aliphatic carbocycles. The lowest BCUT2D eigenvalue weighted by atomic mass is 10.2. The summed E-state index contributed by atoms with van der Waals surface area (Å²) < 4.78 is 9.83. The molecule has 0 saturated heterocycles. The molecule has 7 heteroatoms. The fourth-order valence-electron chi connectivity index (χ4n) is 0.966. The van der Waals surface area contributed by atoms with Crippen molar-refractivity contribution < 1.29 is 9.47 Å². The molecule has 1 heterocycles. The molecular formula is C9H17N5O2. The van der Waals surface area contributed by atoms with Crippen LogP contribution in [0.15, 0.2) is 0 Å². The van der Waals surface area contributed by atoms with E-state index in [-0.39, 0.29) is 18.1 Å². The van der Waals surface area contributed by atoms with Gasteiger partial charge in [0.1, 0.15) is 0 Å². The van der Waals surface area contributed by atoms with Crippen LogP contribution in [0, 0.1) is 0 Å². The largest absolute Gasteiger partial charge is 0.467 e. The quantitative estimate of drug-likeness (QED) is 0.708. The lowest BCUT2D eigenvalue weighted by Crippen LogP contribution is -2.28. The highest BCUT2D eigenvalue weighted by molar-refractivity contribution is 5.27. The van der Waals surface area contributed by atoms with Gasteiger partial charge in [-0.2, -0.15) is 9.97 Å². The molecule has 0 saturated carbocycles. The third kappa shape index (κ3) is 3.50. The Morgan fingerprint density at radius 3 is 2.19 bits per heavy atom. The number of aromatic nitrogens is 3. The molecule has 1 aromatic heterocycles. The Morgan fingerprint density at radius 1 is 1.19 bits per heavy atom. The Hall–Kier alpha value is -1.63. The number of nitrogens with two attached hydrogens (primary N) is 1. The number of nitrogens with zero attached hydrogens (tertiary/aromatic N) is 3. The SMILES string of the molecule is CCC(N)CNc1nc(OC)nc(OC)n1. The monoisotopic (exact) mass is 227 g/mol. The van der Waals surface area contributed by atoms with E-state index in [0.29, 0.717) is 12.5 Å². The fraction of sp³-hybridized carbons (Fsp3) is 0.667. The summed E-state index contributed by atoms with van der Waals surface area (Å²) >= 11 is 0. The molecule has 1 atom stereocenters. The number of anilines is 1. The fourth-order valence-corrected chi connectivity index (χ4v) is 0.966. The van der Waals surface area contributed by atoms with Gasteiger partial charge in [-0.3, -0.25) is 0 Å². The van der Waals surface area contributed by atoms with Crippen LogP contribution in [0.2, 0.25) is 0 Å². The van der Waals surface area contributed by atoms with Crippen LogP contribution in [0.25, 0.3) is 0 Å². The molecule has 90 valence electrons. The van der Waals surface area contributed by atoms with E-state index in [1.165, 1.54) is 14.2 Å². The van der Waals surface area contributed by atoms with Crippen molar-refractivity contribution in [3.05, 3.63) is 0 Å². The highest BCUT2D eigenvalue weighted by Gasteiger charge is 2.07. The van der Waals surface area contributed by atoms with Gasteiger partial charge in [-0.15, -0.1) is 4.98 Å². The molecule has 0 spiro atoms. The lowest BCUT2D eigenvalue weighted by Gasteiger charge is -2.10. The number of methoxy groups -OCH3 is 2. The van der Waals surface area contributed by atoms with Gasteiger partial charge in [-0.25, -0.2) is 0 Å². The Bertz CT molecular complexity index is 311. The van der Waals surface area contributed by atoms with Gasteiger partial charge < -0.3 is 20.5 Å². The van der Waals surface area contributed by atoms with Gasteiger partial charge in [0.15, 0.2) is 0 Å². The van der Waals surface area contributed by atoms with Gasteiger partial charge in [0.05, 0.1) is 14.2 Å². The Labute approximate surface area is 94.4 Å². The standard InChI is InChI=1S/C9H17N5O2/c1-4-6(10)5-11-7-12-8(15-2)14-9(13-7)16-3/h6H,4-5,10H2,1-3H3,(H,11,12,13,14). The molecule has 3 N–H and O–H groups in total. The van der Waals surface area contributed by atoms with Crippen LogP contribution in [0.1, 0.15) is 13.3 Å². The van der Waals surface area contributed by atoms with Gasteiger partial charge >= 0.3 is 12.0 Å². The summed E-state index contributed by atoms with van der Waals surface area (Å²) in [4.78, 5) is 11.9. The van der Waals surface area contributed by atoms with Crippen molar-refractivity contribution in [2.24, 2.45) is 5.73 Å². The van der Waals surface area contributed by atoms with E-state index in [4.69, 9.17) is 15.2 Å². The first-order valence-corrected chi connectivity index (χ1v) is 5.03. The van der Waals surface area contributed by atoms with Gasteiger partial charge in [0.2, 0.25) is 5.95 Å². The van der Waals surface area contributed by atoms with Gasteiger partial charge in [-0.1, -0.05) is 6.92 Å². The third-order valence-electron chi connectivity index (χ3n) is 2.01.